The third-order valence-corrected chi connectivity index (χ3v) is 4.92. The van der Waals surface area contributed by atoms with Crippen molar-refractivity contribution in [1.29, 1.82) is 0 Å². The van der Waals surface area contributed by atoms with Crippen LogP contribution in [0.1, 0.15) is 45.4 Å². The Hall–Kier alpha value is -1.24. The first kappa shape index (κ1) is 19.1. The molecule has 2 N–H and O–H groups in total. The number of alkyl halides is 3. The molecule has 1 aliphatic heterocycles. The summed E-state index contributed by atoms with van der Waals surface area (Å²) in [5.41, 5.74) is 1.11. The minimum atomic E-state index is -4.24. The van der Waals surface area contributed by atoms with Crippen molar-refractivity contribution in [1.82, 2.24) is 15.5 Å². The number of hydrogen-bond donors (Lipinski definition) is 2. The predicted molar refractivity (Wildman–Crippen MR) is 87.7 cm³/mol. The molecule has 7 heteroatoms. The van der Waals surface area contributed by atoms with Gasteiger partial charge in [0.25, 0.3) is 0 Å². The van der Waals surface area contributed by atoms with E-state index in [1.807, 2.05) is 6.92 Å². The minimum Gasteiger partial charge on any atom is -0.335 e. The van der Waals surface area contributed by atoms with E-state index in [1.54, 1.807) is 0 Å². The Morgan fingerprint density at radius 2 is 1.75 bits per heavy atom. The fourth-order valence-electron chi connectivity index (χ4n) is 3.71. The van der Waals surface area contributed by atoms with Gasteiger partial charge < -0.3 is 10.6 Å². The third-order valence-electron chi connectivity index (χ3n) is 4.92. The summed E-state index contributed by atoms with van der Waals surface area (Å²) in [6.07, 6.45) is -0.807. The lowest BCUT2D eigenvalue weighted by atomic mass is 9.84. The van der Waals surface area contributed by atoms with Gasteiger partial charge in [-0.1, -0.05) is 25.0 Å². The maximum absolute atomic E-state index is 13.1. The number of carbonyl (C=O) groups excluding carboxylic acids is 1. The highest BCUT2D eigenvalue weighted by Crippen LogP contribution is 2.37. The van der Waals surface area contributed by atoms with Gasteiger partial charge in [0.15, 0.2) is 0 Å². The summed E-state index contributed by atoms with van der Waals surface area (Å²) in [4.78, 5) is 14.4. The van der Waals surface area contributed by atoms with Gasteiger partial charge in [-0.15, -0.1) is 0 Å². The fraction of sp³-hybridized carbons (Fsp3) is 0.824. The van der Waals surface area contributed by atoms with Crippen LogP contribution < -0.4 is 10.6 Å². The second-order valence-corrected chi connectivity index (χ2v) is 7.16. The molecule has 0 aromatic rings. The number of hydrogen-bond acceptors (Lipinski definition) is 2. The van der Waals surface area contributed by atoms with Gasteiger partial charge >= 0.3 is 12.2 Å². The molecular formula is C17H28F3N3O. The standard InChI is InChI=1S/C17H28F3N3O/c1-12(2)11-23-9-7-13(8-10-23)21-16(24)22-15-6-4-3-5-14(15)17(18,19)20/h13-15H,1,3-11H2,2H3,(H2,21,22,24). The van der Waals surface area contributed by atoms with E-state index in [0.717, 1.165) is 44.5 Å². The molecule has 2 unspecified atom stereocenters. The van der Waals surface area contributed by atoms with Crippen LogP contribution in [0, 0.1) is 5.92 Å². The largest absolute Gasteiger partial charge is 0.393 e. The van der Waals surface area contributed by atoms with Crippen molar-refractivity contribution in [2.24, 2.45) is 5.92 Å². The summed E-state index contributed by atoms with van der Waals surface area (Å²) in [5, 5.41) is 5.41. The van der Waals surface area contributed by atoms with E-state index in [4.69, 9.17) is 0 Å². The number of halogens is 3. The summed E-state index contributed by atoms with van der Waals surface area (Å²) >= 11 is 0. The van der Waals surface area contributed by atoms with Gasteiger partial charge in [0.2, 0.25) is 0 Å². The van der Waals surface area contributed by atoms with E-state index in [9.17, 15) is 18.0 Å². The van der Waals surface area contributed by atoms with E-state index in [-0.39, 0.29) is 12.5 Å². The molecule has 0 aromatic heterocycles. The summed E-state index contributed by atoms with van der Waals surface area (Å²) < 4.78 is 39.2. The van der Waals surface area contributed by atoms with Crippen LogP contribution in [0.5, 0.6) is 0 Å². The van der Waals surface area contributed by atoms with Crippen LogP contribution in [0.25, 0.3) is 0 Å². The number of carbonyl (C=O) groups is 1. The first-order chi connectivity index (χ1) is 11.3. The number of nitrogens with zero attached hydrogens (tertiary/aromatic N) is 1. The lowest BCUT2D eigenvalue weighted by molar-refractivity contribution is -0.187. The number of nitrogens with one attached hydrogen (secondary N) is 2. The Morgan fingerprint density at radius 3 is 2.33 bits per heavy atom. The average molecular weight is 347 g/mol. The Balaban J connectivity index is 1.77. The molecule has 0 bridgehead atoms. The lowest BCUT2D eigenvalue weighted by Gasteiger charge is -2.35. The molecule has 24 heavy (non-hydrogen) atoms. The molecule has 2 atom stereocenters. The molecule has 0 aromatic carbocycles. The van der Waals surface area contributed by atoms with E-state index < -0.39 is 24.2 Å². The molecule has 1 saturated carbocycles. The SMILES string of the molecule is C=C(C)CN1CCC(NC(=O)NC2CCCCC2C(F)(F)F)CC1. The monoisotopic (exact) mass is 347 g/mol. The normalized spacial score (nSPS) is 26.8. The zero-order chi connectivity index (χ0) is 17.7. The molecule has 2 fully saturated rings. The first-order valence-corrected chi connectivity index (χ1v) is 8.76. The second-order valence-electron chi connectivity index (χ2n) is 7.16. The van der Waals surface area contributed by atoms with E-state index in [2.05, 4.69) is 22.1 Å². The van der Waals surface area contributed by atoms with Crippen molar-refractivity contribution in [2.45, 2.75) is 63.7 Å². The van der Waals surface area contributed by atoms with Gasteiger partial charge in [0.1, 0.15) is 0 Å². The lowest BCUT2D eigenvalue weighted by Crippen LogP contribution is -2.54. The number of amides is 2. The summed E-state index contributed by atoms with van der Waals surface area (Å²) in [6, 6.07) is -1.24. The predicted octanol–water partition coefficient (Wildman–Crippen LogP) is 3.45. The summed E-state index contributed by atoms with van der Waals surface area (Å²) in [5.74, 6) is -1.42. The topological polar surface area (TPSA) is 44.4 Å². The van der Waals surface area contributed by atoms with Crippen molar-refractivity contribution < 1.29 is 18.0 Å². The maximum atomic E-state index is 13.1. The Kier molecular flexibility index (Phi) is 6.54. The molecule has 2 amide bonds. The first-order valence-electron chi connectivity index (χ1n) is 8.76. The Labute approximate surface area is 141 Å². The molecule has 0 radical (unpaired) electrons. The van der Waals surface area contributed by atoms with E-state index in [1.165, 1.54) is 0 Å². The molecule has 4 nitrogen and oxygen atoms in total. The number of piperidine rings is 1. The van der Waals surface area contributed by atoms with Crippen molar-refractivity contribution >= 4 is 6.03 Å². The minimum absolute atomic E-state index is 0.0271. The zero-order valence-corrected chi connectivity index (χ0v) is 14.3. The second kappa shape index (κ2) is 8.23. The zero-order valence-electron chi connectivity index (χ0n) is 14.3. The van der Waals surface area contributed by atoms with Crippen LogP contribution in [0.4, 0.5) is 18.0 Å². The fourth-order valence-corrected chi connectivity index (χ4v) is 3.71. The highest BCUT2D eigenvalue weighted by Gasteiger charge is 2.46. The average Bonchev–Trinajstić information content (AvgIpc) is 2.48. The van der Waals surface area contributed by atoms with Crippen LogP contribution in [0.2, 0.25) is 0 Å². The molecule has 1 aliphatic carbocycles. The van der Waals surface area contributed by atoms with Gasteiger partial charge in [0, 0.05) is 31.7 Å². The summed E-state index contributed by atoms with van der Waals surface area (Å²) in [6.45, 7) is 8.47. The summed E-state index contributed by atoms with van der Waals surface area (Å²) in [7, 11) is 0. The highest BCUT2D eigenvalue weighted by molar-refractivity contribution is 5.74. The molecular weight excluding hydrogens is 319 g/mol. The number of rotatable bonds is 4. The maximum Gasteiger partial charge on any atom is 0.393 e. The van der Waals surface area contributed by atoms with Gasteiger partial charge in [-0.3, -0.25) is 4.90 Å². The van der Waals surface area contributed by atoms with Crippen molar-refractivity contribution in [3.63, 3.8) is 0 Å². The Bertz CT molecular complexity index is 445. The number of likely N-dealkylation sites (tertiary alicyclic amines) is 1. The van der Waals surface area contributed by atoms with Crippen molar-refractivity contribution in [2.75, 3.05) is 19.6 Å². The Morgan fingerprint density at radius 1 is 1.12 bits per heavy atom. The van der Waals surface area contributed by atoms with Gasteiger partial charge in [-0.05, 0) is 32.6 Å². The molecule has 138 valence electrons. The van der Waals surface area contributed by atoms with E-state index >= 15 is 0 Å². The molecule has 1 heterocycles. The highest BCUT2D eigenvalue weighted by atomic mass is 19.4. The van der Waals surface area contributed by atoms with E-state index in [0.29, 0.717) is 12.8 Å². The van der Waals surface area contributed by atoms with Gasteiger partial charge in [0.05, 0.1) is 5.92 Å². The molecule has 2 rings (SSSR count). The molecule has 0 spiro atoms. The number of urea groups is 1. The van der Waals surface area contributed by atoms with Crippen molar-refractivity contribution in [3.05, 3.63) is 12.2 Å². The van der Waals surface area contributed by atoms with Crippen LogP contribution in [0.15, 0.2) is 12.2 Å². The van der Waals surface area contributed by atoms with Crippen LogP contribution in [-0.2, 0) is 0 Å². The molecule has 1 saturated heterocycles. The van der Waals surface area contributed by atoms with Gasteiger partial charge in [-0.2, -0.15) is 13.2 Å². The molecule has 2 aliphatic rings. The smallest absolute Gasteiger partial charge is 0.335 e. The van der Waals surface area contributed by atoms with Crippen LogP contribution in [-0.4, -0.2) is 48.8 Å². The van der Waals surface area contributed by atoms with Crippen molar-refractivity contribution in [3.8, 4) is 0 Å². The van der Waals surface area contributed by atoms with Gasteiger partial charge in [-0.25, -0.2) is 4.79 Å². The third kappa shape index (κ3) is 5.69. The quantitative estimate of drug-likeness (QED) is 0.765. The van der Waals surface area contributed by atoms with Crippen LogP contribution in [0.3, 0.4) is 0 Å². The van der Waals surface area contributed by atoms with Crippen LogP contribution >= 0.6 is 0 Å².